The van der Waals surface area contributed by atoms with Crippen LogP contribution in [0.15, 0.2) is 71.2 Å². The van der Waals surface area contributed by atoms with Crippen LogP contribution in [0.3, 0.4) is 0 Å². The minimum absolute atomic E-state index is 0.102. The SMILES string of the molecule is CCCN(C(=O)OCC1c2ccccc2-c2ccccc21)C(C(=O)O)c1ccc(Cl)cc1Br. The molecule has 3 aromatic rings. The highest BCUT2D eigenvalue weighted by Crippen LogP contribution is 2.44. The summed E-state index contributed by atoms with van der Waals surface area (Å²) in [5.74, 6) is -1.24. The Kier molecular flexibility index (Phi) is 7.05. The van der Waals surface area contributed by atoms with E-state index in [9.17, 15) is 14.7 Å². The molecule has 33 heavy (non-hydrogen) atoms. The zero-order valence-electron chi connectivity index (χ0n) is 18.0. The van der Waals surface area contributed by atoms with Gasteiger partial charge in [-0.15, -0.1) is 0 Å². The lowest BCUT2D eigenvalue weighted by Crippen LogP contribution is -2.40. The number of carboxylic acids is 1. The highest BCUT2D eigenvalue weighted by molar-refractivity contribution is 9.10. The number of carbonyl (C=O) groups excluding carboxylic acids is 1. The summed E-state index contributed by atoms with van der Waals surface area (Å²) in [7, 11) is 0. The number of fused-ring (bicyclic) bond motifs is 3. The van der Waals surface area contributed by atoms with Gasteiger partial charge in [0, 0.05) is 27.5 Å². The van der Waals surface area contributed by atoms with Crippen molar-refractivity contribution >= 4 is 39.6 Å². The molecule has 0 saturated heterocycles. The van der Waals surface area contributed by atoms with Crippen molar-refractivity contribution in [1.82, 2.24) is 4.90 Å². The molecule has 0 fully saturated rings. The van der Waals surface area contributed by atoms with Gasteiger partial charge in [-0.3, -0.25) is 4.90 Å². The minimum atomic E-state index is -1.20. The van der Waals surface area contributed by atoms with Crippen molar-refractivity contribution in [2.45, 2.75) is 25.3 Å². The van der Waals surface area contributed by atoms with Gasteiger partial charge >= 0.3 is 12.1 Å². The number of hydrogen-bond donors (Lipinski definition) is 1. The predicted octanol–water partition coefficient (Wildman–Crippen LogP) is 6.89. The summed E-state index contributed by atoms with van der Waals surface area (Å²) in [6.45, 7) is 2.25. The molecule has 1 aliphatic rings. The molecule has 170 valence electrons. The monoisotopic (exact) mass is 527 g/mol. The molecule has 1 unspecified atom stereocenters. The fourth-order valence-corrected chi connectivity index (χ4v) is 5.30. The van der Waals surface area contributed by atoms with Gasteiger partial charge < -0.3 is 9.84 Å². The second-order valence-electron chi connectivity index (χ2n) is 7.90. The van der Waals surface area contributed by atoms with Gasteiger partial charge in [0.1, 0.15) is 6.61 Å². The van der Waals surface area contributed by atoms with Crippen molar-refractivity contribution in [2.24, 2.45) is 0 Å². The summed E-state index contributed by atoms with van der Waals surface area (Å²) >= 11 is 9.41. The molecule has 4 rings (SSSR count). The van der Waals surface area contributed by atoms with Crippen LogP contribution in [0, 0.1) is 0 Å². The Morgan fingerprint density at radius 1 is 1.06 bits per heavy atom. The van der Waals surface area contributed by atoms with Crippen LogP contribution in [-0.4, -0.2) is 35.2 Å². The number of carbonyl (C=O) groups is 2. The lowest BCUT2D eigenvalue weighted by atomic mass is 9.98. The lowest BCUT2D eigenvalue weighted by Gasteiger charge is -2.29. The molecular formula is C26H23BrClNO4. The fourth-order valence-electron chi connectivity index (χ4n) is 4.40. The Hall–Kier alpha value is -2.83. The molecule has 1 aliphatic carbocycles. The molecule has 1 amide bonds. The number of hydrogen-bond acceptors (Lipinski definition) is 3. The van der Waals surface area contributed by atoms with Gasteiger partial charge in [-0.1, -0.05) is 89.1 Å². The number of halogens is 2. The second-order valence-corrected chi connectivity index (χ2v) is 9.19. The zero-order valence-corrected chi connectivity index (χ0v) is 20.3. The first-order valence-electron chi connectivity index (χ1n) is 10.7. The molecule has 0 aromatic heterocycles. The molecule has 0 aliphatic heterocycles. The Balaban J connectivity index is 1.60. The third kappa shape index (κ3) is 4.63. The molecule has 0 radical (unpaired) electrons. The van der Waals surface area contributed by atoms with E-state index in [4.69, 9.17) is 16.3 Å². The van der Waals surface area contributed by atoms with Gasteiger partial charge in [0.05, 0.1) is 0 Å². The van der Waals surface area contributed by atoms with E-state index in [0.717, 1.165) is 22.3 Å². The molecule has 3 aromatic carbocycles. The number of aliphatic carboxylic acids is 1. The van der Waals surface area contributed by atoms with E-state index in [1.54, 1.807) is 18.2 Å². The number of nitrogens with zero attached hydrogens (tertiary/aromatic N) is 1. The van der Waals surface area contributed by atoms with E-state index in [1.165, 1.54) is 4.90 Å². The van der Waals surface area contributed by atoms with Crippen LogP contribution < -0.4 is 0 Å². The van der Waals surface area contributed by atoms with Gasteiger partial charge in [0.25, 0.3) is 0 Å². The number of amides is 1. The van der Waals surface area contributed by atoms with Gasteiger partial charge in [0.15, 0.2) is 6.04 Å². The third-order valence-electron chi connectivity index (χ3n) is 5.84. The van der Waals surface area contributed by atoms with Crippen LogP contribution in [0.5, 0.6) is 0 Å². The summed E-state index contributed by atoms with van der Waals surface area (Å²) in [6, 6.07) is 19.8. The number of carboxylic acid groups (broad SMARTS) is 1. The topological polar surface area (TPSA) is 66.8 Å². The van der Waals surface area contributed by atoms with E-state index in [2.05, 4.69) is 28.1 Å². The van der Waals surface area contributed by atoms with Crippen LogP contribution in [0.2, 0.25) is 5.02 Å². The molecule has 1 N–H and O–H groups in total. The fraction of sp³-hybridized carbons (Fsp3) is 0.231. The average molecular weight is 529 g/mol. The number of benzene rings is 3. The van der Waals surface area contributed by atoms with Gasteiger partial charge in [-0.05, 0) is 40.8 Å². The summed E-state index contributed by atoms with van der Waals surface area (Å²) in [6.07, 6.45) is -0.0768. The summed E-state index contributed by atoms with van der Waals surface area (Å²) in [5.41, 5.74) is 4.91. The highest BCUT2D eigenvalue weighted by Gasteiger charge is 2.35. The van der Waals surface area contributed by atoms with Crippen LogP contribution in [0.25, 0.3) is 11.1 Å². The van der Waals surface area contributed by atoms with E-state index in [0.29, 0.717) is 21.5 Å². The molecule has 0 heterocycles. The smallest absolute Gasteiger partial charge is 0.410 e. The summed E-state index contributed by atoms with van der Waals surface area (Å²) in [4.78, 5) is 26.7. The predicted molar refractivity (Wildman–Crippen MR) is 132 cm³/mol. The molecule has 5 nitrogen and oxygen atoms in total. The first kappa shape index (κ1) is 23.3. The van der Waals surface area contributed by atoms with E-state index < -0.39 is 18.1 Å². The van der Waals surface area contributed by atoms with Crippen molar-refractivity contribution in [1.29, 1.82) is 0 Å². The van der Waals surface area contributed by atoms with Crippen LogP contribution in [-0.2, 0) is 9.53 Å². The van der Waals surface area contributed by atoms with Crippen LogP contribution in [0.1, 0.15) is 42.0 Å². The van der Waals surface area contributed by atoms with Gasteiger partial charge in [-0.25, -0.2) is 9.59 Å². The van der Waals surface area contributed by atoms with Crippen LogP contribution in [0.4, 0.5) is 4.79 Å². The molecular weight excluding hydrogens is 506 g/mol. The third-order valence-corrected chi connectivity index (χ3v) is 6.76. The van der Waals surface area contributed by atoms with Gasteiger partial charge in [0.2, 0.25) is 0 Å². The first-order valence-corrected chi connectivity index (χ1v) is 11.9. The van der Waals surface area contributed by atoms with Crippen molar-refractivity contribution in [3.63, 3.8) is 0 Å². The maximum atomic E-state index is 13.2. The van der Waals surface area contributed by atoms with Crippen molar-refractivity contribution in [3.8, 4) is 11.1 Å². The minimum Gasteiger partial charge on any atom is -0.479 e. The Morgan fingerprint density at radius 3 is 2.21 bits per heavy atom. The molecule has 1 atom stereocenters. The maximum absolute atomic E-state index is 13.2. The Labute approximate surface area is 206 Å². The molecule has 7 heteroatoms. The molecule has 0 bridgehead atoms. The Bertz CT molecular complexity index is 1150. The quantitative estimate of drug-likeness (QED) is 0.363. The number of ether oxygens (including phenoxy) is 1. The number of rotatable bonds is 7. The van der Waals surface area contributed by atoms with Crippen molar-refractivity contribution in [3.05, 3.63) is 92.9 Å². The largest absolute Gasteiger partial charge is 0.479 e. The standard InChI is InChI=1S/C26H23BrClNO4/c1-2-13-29(24(25(30)31)21-12-11-16(28)14-23(21)27)26(32)33-15-22-19-9-5-3-7-17(19)18-8-4-6-10-20(18)22/h3-12,14,22,24H,2,13,15H2,1H3,(H,30,31). The molecule has 0 saturated carbocycles. The maximum Gasteiger partial charge on any atom is 0.410 e. The van der Waals surface area contributed by atoms with E-state index >= 15 is 0 Å². The lowest BCUT2D eigenvalue weighted by molar-refractivity contribution is -0.143. The summed E-state index contributed by atoms with van der Waals surface area (Å²) in [5, 5.41) is 10.5. The normalized spacial score (nSPS) is 13.2. The Morgan fingerprint density at radius 2 is 1.67 bits per heavy atom. The van der Waals surface area contributed by atoms with Crippen LogP contribution >= 0.6 is 27.5 Å². The van der Waals surface area contributed by atoms with E-state index in [1.807, 2.05) is 43.3 Å². The van der Waals surface area contributed by atoms with Crippen molar-refractivity contribution < 1.29 is 19.4 Å². The van der Waals surface area contributed by atoms with Gasteiger partial charge in [-0.2, -0.15) is 0 Å². The highest BCUT2D eigenvalue weighted by atomic mass is 79.9. The first-order chi connectivity index (χ1) is 15.9. The van der Waals surface area contributed by atoms with Crippen molar-refractivity contribution in [2.75, 3.05) is 13.2 Å². The second kappa shape index (κ2) is 9.98. The average Bonchev–Trinajstić information content (AvgIpc) is 3.12. The molecule has 0 spiro atoms. The zero-order chi connectivity index (χ0) is 23.5. The summed E-state index contributed by atoms with van der Waals surface area (Å²) < 4.78 is 6.28. The van der Waals surface area contributed by atoms with E-state index in [-0.39, 0.29) is 19.1 Å².